The Labute approximate surface area is 138 Å². The molecule has 3 aliphatic rings. The van der Waals surface area contributed by atoms with E-state index in [1.807, 2.05) is 19.2 Å². The number of piperidine rings is 1. The summed E-state index contributed by atoms with van der Waals surface area (Å²) in [5, 5.41) is 0.835. The first-order valence-corrected chi connectivity index (χ1v) is 9.07. The number of hydrogen-bond donors (Lipinski definition) is 0. The maximum atomic E-state index is 6.10. The lowest BCUT2D eigenvalue weighted by Crippen LogP contribution is -2.51. The monoisotopic (exact) mass is 319 g/mol. The molecule has 2 aliphatic heterocycles. The van der Waals surface area contributed by atoms with Crippen LogP contribution < -0.4 is 0 Å². The molecular formula is C19H26ClNO. The Morgan fingerprint density at radius 1 is 1.14 bits per heavy atom. The van der Waals surface area contributed by atoms with Crippen molar-refractivity contribution in [1.29, 1.82) is 0 Å². The minimum Gasteiger partial charge on any atom is -0.381 e. The van der Waals surface area contributed by atoms with E-state index in [2.05, 4.69) is 24.1 Å². The Kier molecular flexibility index (Phi) is 3.96. The van der Waals surface area contributed by atoms with Gasteiger partial charge in [-0.2, -0.15) is 0 Å². The van der Waals surface area contributed by atoms with Gasteiger partial charge in [-0.1, -0.05) is 23.7 Å². The second-order valence-corrected chi connectivity index (χ2v) is 7.91. The van der Waals surface area contributed by atoms with Gasteiger partial charge in [0, 0.05) is 30.1 Å². The Balaban J connectivity index is 1.69. The minimum atomic E-state index is 0.423. The molecule has 3 heteroatoms. The standard InChI is InChI=1S/C19H26ClNO/c1-21-15-9-10-17(21)18(19(22-2)13-3-4-13)16(11-15)12-5-7-14(20)8-6-12/h5-8,13,15-19H,3-4,9-11H2,1-2H3/t15?,16-,17-,18-,19?/m1/s1. The van der Waals surface area contributed by atoms with E-state index in [1.165, 1.54) is 37.7 Å². The molecule has 2 bridgehead atoms. The molecule has 1 aromatic carbocycles. The lowest BCUT2D eigenvalue weighted by molar-refractivity contribution is -0.0320. The van der Waals surface area contributed by atoms with Gasteiger partial charge in [0.1, 0.15) is 0 Å². The quantitative estimate of drug-likeness (QED) is 0.819. The topological polar surface area (TPSA) is 12.5 Å². The zero-order valence-corrected chi connectivity index (χ0v) is 14.3. The van der Waals surface area contributed by atoms with Gasteiger partial charge >= 0.3 is 0 Å². The van der Waals surface area contributed by atoms with Crippen LogP contribution in [0.1, 0.15) is 43.6 Å². The van der Waals surface area contributed by atoms with Crippen molar-refractivity contribution in [2.24, 2.45) is 11.8 Å². The first-order chi connectivity index (χ1) is 10.7. The predicted octanol–water partition coefficient (Wildman–Crippen LogP) is 4.33. The van der Waals surface area contributed by atoms with E-state index >= 15 is 0 Å². The molecule has 4 rings (SSSR count). The number of methoxy groups -OCH3 is 1. The molecule has 1 saturated carbocycles. The summed E-state index contributed by atoms with van der Waals surface area (Å²) in [7, 11) is 4.25. The first-order valence-electron chi connectivity index (χ1n) is 8.69. The van der Waals surface area contributed by atoms with Crippen LogP contribution in [0.2, 0.25) is 5.02 Å². The van der Waals surface area contributed by atoms with Crippen LogP contribution in [-0.2, 0) is 4.74 Å². The van der Waals surface area contributed by atoms with Gasteiger partial charge in [0.15, 0.2) is 0 Å². The zero-order chi connectivity index (χ0) is 15.3. The smallest absolute Gasteiger partial charge is 0.0648 e. The molecule has 2 unspecified atom stereocenters. The molecule has 0 aromatic heterocycles. The zero-order valence-electron chi connectivity index (χ0n) is 13.5. The number of halogens is 1. The minimum absolute atomic E-state index is 0.423. The van der Waals surface area contributed by atoms with Crippen molar-refractivity contribution < 1.29 is 4.74 Å². The summed E-state index contributed by atoms with van der Waals surface area (Å²) in [5.41, 5.74) is 1.46. The fraction of sp³-hybridized carbons (Fsp3) is 0.684. The maximum absolute atomic E-state index is 6.10. The largest absolute Gasteiger partial charge is 0.381 e. The Morgan fingerprint density at radius 2 is 1.86 bits per heavy atom. The number of rotatable bonds is 4. The SMILES string of the molecule is COC(C1CC1)[C@@H]1[C@@H](c2ccc(Cl)cc2)CC2CC[C@H]1N2C. The van der Waals surface area contributed by atoms with Crippen LogP contribution >= 0.6 is 11.6 Å². The van der Waals surface area contributed by atoms with Crippen LogP contribution in [0.4, 0.5) is 0 Å². The number of nitrogens with zero attached hydrogens (tertiary/aromatic N) is 1. The summed E-state index contributed by atoms with van der Waals surface area (Å²) in [6.45, 7) is 0. The van der Waals surface area contributed by atoms with Crippen molar-refractivity contribution in [3.8, 4) is 0 Å². The van der Waals surface area contributed by atoms with E-state index < -0.39 is 0 Å². The average Bonchev–Trinajstić information content (AvgIpc) is 3.31. The Morgan fingerprint density at radius 3 is 2.50 bits per heavy atom. The molecule has 0 radical (unpaired) electrons. The molecule has 5 atom stereocenters. The molecule has 1 aliphatic carbocycles. The lowest BCUT2D eigenvalue weighted by Gasteiger charge is -2.46. The van der Waals surface area contributed by atoms with Gasteiger partial charge in [-0.25, -0.2) is 0 Å². The highest BCUT2D eigenvalue weighted by atomic mass is 35.5. The predicted molar refractivity (Wildman–Crippen MR) is 90.4 cm³/mol. The van der Waals surface area contributed by atoms with Gasteiger partial charge in [-0.3, -0.25) is 0 Å². The van der Waals surface area contributed by atoms with Crippen LogP contribution in [0.15, 0.2) is 24.3 Å². The number of ether oxygens (including phenoxy) is 1. The van der Waals surface area contributed by atoms with E-state index in [0.717, 1.165) is 17.0 Å². The highest BCUT2D eigenvalue weighted by Gasteiger charge is 2.51. The van der Waals surface area contributed by atoms with Gasteiger partial charge in [0.25, 0.3) is 0 Å². The van der Waals surface area contributed by atoms with Gasteiger partial charge in [0.05, 0.1) is 6.10 Å². The molecule has 1 aromatic rings. The second kappa shape index (κ2) is 5.81. The summed E-state index contributed by atoms with van der Waals surface area (Å²) in [6.07, 6.45) is 7.08. The third-order valence-corrected chi connectivity index (χ3v) is 6.62. The number of benzene rings is 1. The van der Waals surface area contributed by atoms with Gasteiger partial charge in [-0.05, 0) is 68.7 Å². The number of fused-ring (bicyclic) bond motifs is 2. The van der Waals surface area contributed by atoms with E-state index in [1.54, 1.807) is 0 Å². The van der Waals surface area contributed by atoms with Crippen LogP contribution in [0, 0.1) is 11.8 Å². The highest BCUT2D eigenvalue weighted by Crippen LogP contribution is 2.52. The van der Waals surface area contributed by atoms with Crippen molar-refractivity contribution in [2.75, 3.05) is 14.2 Å². The van der Waals surface area contributed by atoms with Crippen molar-refractivity contribution >= 4 is 11.6 Å². The lowest BCUT2D eigenvalue weighted by atomic mass is 9.72. The maximum Gasteiger partial charge on any atom is 0.0648 e. The molecule has 0 amide bonds. The average molecular weight is 320 g/mol. The van der Waals surface area contributed by atoms with Gasteiger partial charge in [0.2, 0.25) is 0 Å². The number of hydrogen-bond acceptors (Lipinski definition) is 2. The summed E-state index contributed by atoms with van der Waals surface area (Å²) in [5.74, 6) is 2.04. The van der Waals surface area contributed by atoms with E-state index in [0.29, 0.717) is 24.0 Å². The van der Waals surface area contributed by atoms with Crippen molar-refractivity contribution in [3.63, 3.8) is 0 Å². The van der Waals surface area contributed by atoms with Crippen molar-refractivity contribution in [3.05, 3.63) is 34.9 Å². The highest BCUT2D eigenvalue weighted by molar-refractivity contribution is 6.30. The third kappa shape index (κ3) is 2.50. The van der Waals surface area contributed by atoms with Crippen LogP contribution in [0.5, 0.6) is 0 Å². The normalized spacial score (nSPS) is 36.5. The molecule has 0 N–H and O–H groups in total. The third-order valence-electron chi connectivity index (χ3n) is 6.37. The summed E-state index contributed by atoms with van der Waals surface area (Å²) < 4.78 is 6.04. The molecular weight excluding hydrogens is 294 g/mol. The Hall–Kier alpha value is -0.570. The van der Waals surface area contributed by atoms with Crippen molar-refractivity contribution in [1.82, 2.24) is 4.90 Å². The second-order valence-electron chi connectivity index (χ2n) is 7.47. The first kappa shape index (κ1) is 15.0. The van der Waals surface area contributed by atoms with Gasteiger partial charge < -0.3 is 9.64 Å². The van der Waals surface area contributed by atoms with E-state index in [9.17, 15) is 0 Å². The van der Waals surface area contributed by atoms with Gasteiger partial charge in [-0.15, -0.1) is 0 Å². The fourth-order valence-electron chi connectivity index (χ4n) is 5.11. The molecule has 22 heavy (non-hydrogen) atoms. The summed E-state index contributed by atoms with van der Waals surface area (Å²) in [4.78, 5) is 2.64. The molecule has 3 fully saturated rings. The Bertz CT molecular complexity index is 525. The summed E-state index contributed by atoms with van der Waals surface area (Å²) in [6, 6.07) is 10.0. The molecule has 2 saturated heterocycles. The van der Waals surface area contributed by atoms with E-state index in [4.69, 9.17) is 16.3 Å². The molecule has 120 valence electrons. The van der Waals surface area contributed by atoms with Crippen LogP contribution in [0.3, 0.4) is 0 Å². The van der Waals surface area contributed by atoms with Crippen LogP contribution in [0.25, 0.3) is 0 Å². The fourth-order valence-corrected chi connectivity index (χ4v) is 5.24. The van der Waals surface area contributed by atoms with E-state index in [-0.39, 0.29) is 0 Å². The molecule has 0 spiro atoms. The molecule has 2 nitrogen and oxygen atoms in total. The summed E-state index contributed by atoms with van der Waals surface area (Å²) >= 11 is 6.10. The van der Waals surface area contributed by atoms with Crippen LogP contribution in [-0.4, -0.2) is 37.2 Å². The van der Waals surface area contributed by atoms with Crippen molar-refractivity contribution in [2.45, 2.75) is 56.2 Å². The molecule has 2 heterocycles.